The molecule has 3 N–H and O–H groups in total. The highest BCUT2D eigenvalue weighted by Crippen LogP contribution is 2.26. The maximum Gasteiger partial charge on any atom is 0.141 e. The summed E-state index contributed by atoms with van der Waals surface area (Å²) in [6, 6.07) is 4.49. The van der Waals surface area contributed by atoms with Crippen molar-refractivity contribution in [2.24, 2.45) is 0 Å². The van der Waals surface area contributed by atoms with Crippen LogP contribution in [0.2, 0.25) is 5.02 Å². The summed E-state index contributed by atoms with van der Waals surface area (Å²) < 4.78 is 13.0. The Morgan fingerprint density at radius 2 is 2.15 bits per heavy atom. The SMILES string of the molecule is CCCNC(c1ccc(F)cn1)c1cc(Cl)cnc1N. The topological polar surface area (TPSA) is 63.8 Å². The van der Waals surface area contributed by atoms with E-state index in [1.807, 2.05) is 0 Å². The Kier molecular flexibility index (Phi) is 4.87. The summed E-state index contributed by atoms with van der Waals surface area (Å²) >= 11 is 5.98. The molecule has 2 aromatic rings. The average Bonchev–Trinajstić information content (AvgIpc) is 2.44. The summed E-state index contributed by atoms with van der Waals surface area (Å²) in [5.41, 5.74) is 7.33. The lowest BCUT2D eigenvalue weighted by Crippen LogP contribution is -2.25. The molecule has 0 aliphatic heterocycles. The van der Waals surface area contributed by atoms with Crippen LogP contribution in [-0.2, 0) is 0 Å². The van der Waals surface area contributed by atoms with Gasteiger partial charge in [0.05, 0.1) is 23.0 Å². The minimum absolute atomic E-state index is 0.262. The molecule has 0 spiro atoms. The summed E-state index contributed by atoms with van der Waals surface area (Å²) in [7, 11) is 0. The van der Waals surface area contributed by atoms with Crippen LogP contribution >= 0.6 is 11.6 Å². The Balaban J connectivity index is 2.41. The molecule has 0 radical (unpaired) electrons. The van der Waals surface area contributed by atoms with E-state index in [1.54, 1.807) is 12.1 Å². The molecule has 20 heavy (non-hydrogen) atoms. The lowest BCUT2D eigenvalue weighted by Gasteiger charge is -2.19. The summed E-state index contributed by atoms with van der Waals surface area (Å²) in [6.45, 7) is 2.83. The van der Waals surface area contributed by atoms with E-state index in [4.69, 9.17) is 17.3 Å². The van der Waals surface area contributed by atoms with Crippen molar-refractivity contribution in [3.05, 3.63) is 52.7 Å². The number of pyridine rings is 2. The number of nitrogen functional groups attached to an aromatic ring is 1. The lowest BCUT2D eigenvalue weighted by molar-refractivity contribution is 0.576. The van der Waals surface area contributed by atoms with Gasteiger partial charge in [-0.3, -0.25) is 4.98 Å². The van der Waals surface area contributed by atoms with Gasteiger partial charge >= 0.3 is 0 Å². The van der Waals surface area contributed by atoms with Crippen molar-refractivity contribution >= 4 is 17.4 Å². The van der Waals surface area contributed by atoms with E-state index in [1.165, 1.54) is 18.5 Å². The number of rotatable bonds is 5. The first-order valence-corrected chi connectivity index (χ1v) is 6.75. The summed E-state index contributed by atoms with van der Waals surface area (Å²) in [6.07, 6.45) is 3.63. The Morgan fingerprint density at radius 3 is 2.80 bits per heavy atom. The molecular weight excluding hydrogens is 279 g/mol. The van der Waals surface area contributed by atoms with Crippen molar-refractivity contribution in [2.75, 3.05) is 12.3 Å². The van der Waals surface area contributed by atoms with Gasteiger partial charge in [-0.2, -0.15) is 0 Å². The fourth-order valence-corrected chi connectivity index (χ4v) is 2.08. The van der Waals surface area contributed by atoms with Crippen LogP contribution in [0.25, 0.3) is 0 Å². The Bertz CT molecular complexity index is 574. The quantitative estimate of drug-likeness (QED) is 0.890. The van der Waals surface area contributed by atoms with E-state index in [9.17, 15) is 4.39 Å². The molecule has 0 aromatic carbocycles. The average molecular weight is 295 g/mol. The molecule has 0 fully saturated rings. The second kappa shape index (κ2) is 6.63. The molecule has 0 saturated carbocycles. The van der Waals surface area contributed by atoms with Gasteiger partial charge in [0.25, 0.3) is 0 Å². The number of halogens is 2. The molecule has 0 bridgehead atoms. The van der Waals surface area contributed by atoms with E-state index < -0.39 is 0 Å². The highest BCUT2D eigenvalue weighted by Gasteiger charge is 2.18. The third-order valence-corrected chi connectivity index (χ3v) is 3.08. The normalized spacial score (nSPS) is 12.3. The van der Waals surface area contributed by atoms with Gasteiger partial charge in [0.1, 0.15) is 11.6 Å². The van der Waals surface area contributed by atoms with Crippen LogP contribution in [0.4, 0.5) is 10.2 Å². The van der Waals surface area contributed by atoms with E-state index in [2.05, 4.69) is 22.2 Å². The van der Waals surface area contributed by atoms with Crippen LogP contribution in [0.5, 0.6) is 0 Å². The predicted molar refractivity (Wildman–Crippen MR) is 78.0 cm³/mol. The molecule has 106 valence electrons. The van der Waals surface area contributed by atoms with Crippen LogP contribution in [0.1, 0.15) is 30.6 Å². The van der Waals surface area contributed by atoms with E-state index in [0.717, 1.165) is 18.5 Å². The minimum Gasteiger partial charge on any atom is -0.383 e. The molecule has 2 rings (SSSR count). The zero-order valence-electron chi connectivity index (χ0n) is 11.1. The molecule has 0 saturated heterocycles. The van der Waals surface area contributed by atoms with E-state index in [-0.39, 0.29) is 11.9 Å². The maximum absolute atomic E-state index is 13.0. The molecule has 4 nitrogen and oxygen atoms in total. The van der Waals surface area contributed by atoms with E-state index in [0.29, 0.717) is 16.5 Å². The molecule has 1 atom stereocenters. The first-order valence-electron chi connectivity index (χ1n) is 6.37. The third kappa shape index (κ3) is 3.43. The minimum atomic E-state index is -0.375. The van der Waals surface area contributed by atoms with Crippen LogP contribution in [0, 0.1) is 5.82 Å². The highest BCUT2D eigenvalue weighted by molar-refractivity contribution is 6.30. The van der Waals surface area contributed by atoms with Crippen LogP contribution < -0.4 is 11.1 Å². The summed E-state index contributed by atoms with van der Waals surface area (Å²) in [5, 5.41) is 3.83. The molecule has 6 heteroatoms. The van der Waals surface area contributed by atoms with Crippen LogP contribution in [0.3, 0.4) is 0 Å². The number of anilines is 1. The number of aromatic nitrogens is 2. The second-order valence-corrected chi connectivity index (χ2v) is 4.85. The standard InChI is InChI=1S/C14H16ClFN4/c1-2-5-18-13(12-4-3-10(16)8-19-12)11-6-9(15)7-20-14(11)17/h3-4,6-8,13,18H,2,5H2,1H3,(H2,17,20). The van der Waals surface area contributed by atoms with Gasteiger partial charge in [-0.05, 0) is 31.2 Å². The number of nitrogens with zero attached hydrogens (tertiary/aromatic N) is 2. The largest absolute Gasteiger partial charge is 0.383 e. The first-order chi connectivity index (χ1) is 9.61. The number of nitrogens with one attached hydrogen (secondary N) is 1. The highest BCUT2D eigenvalue weighted by atomic mass is 35.5. The maximum atomic E-state index is 13.0. The Labute approximate surface area is 122 Å². The smallest absolute Gasteiger partial charge is 0.141 e. The number of hydrogen-bond donors (Lipinski definition) is 2. The fraction of sp³-hybridized carbons (Fsp3) is 0.286. The monoisotopic (exact) mass is 294 g/mol. The number of hydrogen-bond acceptors (Lipinski definition) is 4. The van der Waals surface area contributed by atoms with Gasteiger partial charge in [0, 0.05) is 11.8 Å². The van der Waals surface area contributed by atoms with Crippen LogP contribution in [-0.4, -0.2) is 16.5 Å². The van der Waals surface area contributed by atoms with Crippen molar-refractivity contribution in [2.45, 2.75) is 19.4 Å². The Morgan fingerprint density at radius 1 is 1.35 bits per heavy atom. The fourth-order valence-electron chi connectivity index (χ4n) is 1.92. The van der Waals surface area contributed by atoms with Gasteiger partial charge in [0.2, 0.25) is 0 Å². The van der Waals surface area contributed by atoms with Gasteiger partial charge in [-0.1, -0.05) is 18.5 Å². The van der Waals surface area contributed by atoms with Crippen molar-refractivity contribution in [1.29, 1.82) is 0 Å². The van der Waals surface area contributed by atoms with Crippen molar-refractivity contribution in [3.63, 3.8) is 0 Å². The summed E-state index contributed by atoms with van der Waals surface area (Å²) in [4.78, 5) is 8.17. The second-order valence-electron chi connectivity index (χ2n) is 4.42. The van der Waals surface area contributed by atoms with Gasteiger partial charge in [-0.25, -0.2) is 9.37 Å². The van der Waals surface area contributed by atoms with E-state index >= 15 is 0 Å². The molecular formula is C14H16ClFN4. The molecule has 2 heterocycles. The summed E-state index contributed by atoms with van der Waals surface area (Å²) in [5.74, 6) is 0.00862. The molecule has 0 aliphatic rings. The first kappa shape index (κ1) is 14.7. The zero-order chi connectivity index (χ0) is 14.5. The van der Waals surface area contributed by atoms with Crippen molar-refractivity contribution in [3.8, 4) is 0 Å². The van der Waals surface area contributed by atoms with Crippen molar-refractivity contribution < 1.29 is 4.39 Å². The number of nitrogens with two attached hydrogens (primary N) is 1. The molecule has 1 unspecified atom stereocenters. The third-order valence-electron chi connectivity index (χ3n) is 2.87. The Hall–Kier alpha value is -1.72. The molecule has 0 amide bonds. The molecule has 0 aliphatic carbocycles. The van der Waals surface area contributed by atoms with Gasteiger partial charge < -0.3 is 11.1 Å². The van der Waals surface area contributed by atoms with Crippen LogP contribution in [0.15, 0.2) is 30.6 Å². The van der Waals surface area contributed by atoms with Gasteiger partial charge in [-0.15, -0.1) is 0 Å². The van der Waals surface area contributed by atoms with Crippen molar-refractivity contribution in [1.82, 2.24) is 15.3 Å². The predicted octanol–water partition coefficient (Wildman–Crippen LogP) is 2.94. The molecule has 2 aromatic heterocycles. The van der Waals surface area contributed by atoms with Gasteiger partial charge in [0.15, 0.2) is 0 Å². The zero-order valence-corrected chi connectivity index (χ0v) is 11.9. The lowest BCUT2D eigenvalue weighted by atomic mass is 10.0.